The molecule has 0 saturated heterocycles. The average Bonchev–Trinajstić information content (AvgIpc) is 2.45. The summed E-state index contributed by atoms with van der Waals surface area (Å²) in [6.45, 7) is 2.82. The third-order valence-corrected chi connectivity index (χ3v) is 4.28. The second-order valence-electron chi connectivity index (χ2n) is 6.98. The van der Waals surface area contributed by atoms with Crippen LogP contribution in [-0.2, 0) is 4.79 Å². The average molecular weight is 320 g/mol. The summed E-state index contributed by atoms with van der Waals surface area (Å²) in [4.78, 5) is 11.5. The van der Waals surface area contributed by atoms with Crippen molar-refractivity contribution in [2.45, 2.75) is 76.9 Å². The number of carbonyl (C=O) groups excluding carboxylic acids is 1. The Morgan fingerprint density at radius 3 is 2.45 bits per heavy atom. The van der Waals surface area contributed by atoms with E-state index >= 15 is 0 Å². The van der Waals surface area contributed by atoms with Crippen molar-refractivity contribution in [1.82, 2.24) is 5.32 Å². The number of amides is 1. The molecule has 6 heteroatoms. The van der Waals surface area contributed by atoms with Gasteiger partial charge in [0.2, 0.25) is 5.91 Å². The zero-order chi connectivity index (χ0) is 16.8. The molecule has 0 aromatic carbocycles. The molecule has 1 amide bonds. The van der Waals surface area contributed by atoms with Crippen molar-refractivity contribution < 1.29 is 18.7 Å². The van der Waals surface area contributed by atoms with E-state index in [9.17, 15) is 18.7 Å². The smallest absolute Gasteiger partial charge is 0.291 e. The van der Waals surface area contributed by atoms with Crippen molar-refractivity contribution >= 4 is 5.91 Å². The van der Waals surface area contributed by atoms with Gasteiger partial charge < -0.3 is 16.2 Å². The minimum atomic E-state index is -3.40. The van der Waals surface area contributed by atoms with E-state index in [-0.39, 0.29) is 12.3 Å². The van der Waals surface area contributed by atoms with Crippen LogP contribution in [0.1, 0.15) is 58.8 Å². The maximum atomic E-state index is 14.0. The Kier molecular flexibility index (Phi) is 7.69. The first-order valence-corrected chi connectivity index (χ1v) is 8.30. The van der Waals surface area contributed by atoms with Crippen LogP contribution in [0.3, 0.4) is 0 Å². The molecule has 1 rings (SSSR count). The summed E-state index contributed by atoms with van der Waals surface area (Å²) >= 11 is 0. The fraction of sp³-hybridized carbons (Fsp3) is 0.938. The number of nitrogens with one attached hydrogen (secondary N) is 1. The van der Waals surface area contributed by atoms with Crippen molar-refractivity contribution in [3.63, 3.8) is 0 Å². The van der Waals surface area contributed by atoms with E-state index in [0.717, 1.165) is 25.7 Å². The van der Waals surface area contributed by atoms with Crippen molar-refractivity contribution in [3.05, 3.63) is 0 Å². The predicted molar refractivity (Wildman–Crippen MR) is 82.6 cm³/mol. The Balaban J connectivity index is 2.42. The first-order valence-electron chi connectivity index (χ1n) is 8.30. The lowest BCUT2D eigenvalue weighted by Gasteiger charge is -2.31. The molecule has 2 unspecified atom stereocenters. The molecule has 1 aliphatic rings. The number of rotatable bonds is 8. The highest BCUT2D eigenvalue weighted by Gasteiger charge is 2.42. The molecule has 0 heterocycles. The zero-order valence-corrected chi connectivity index (χ0v) is 13.7. The fourth-order valence-electron chi connectivity index (χ4n) is 3.01. The Morgan fingerprint density at radius 1 is 1.32 bits per heavy atom. The molecule has 4 nitrogen and oxygen atoms in total. The minimum Gasteiger partial charge on any atom is -0.385 e. The number of nitrogens with two attached hydrogens (primary N) is 1. The van der Waals surface area contributed by atoms with E-state index in [1.54, 1.807) is 0 Å². The fourth-order valence-corrected chi connectivity index (χ4v) is 3.01. The summed E-state index contributed by atoms with van der Waals surface area (Å²) in [5.41, 5.74) is 5.78. The van der Waals surface area contributed by atoms with Gasteiger partial charge in [0.25, 0.3) is 5.92 Å². The lowest BCUT2D eigenvalue weighted by atomic mass is 9.83. The highest BCUT2D eigenvalue weighted by molar-refractivity contribution is 5.76. The molecule has 0 aromatic rings. The van der Waals surface area contributed by atoms with E-state index in [4.69, 9.17) is 5.73 Å². The van der Waals surface area contributed by atoms with E-state index in [2.05, 4.69) is 5.32 Å². The zero-order valence-electron chi connectivity index (χ0n) is 13.7. The predicted octanol–water partition coefficient (Wildman–Crippen LogP) is 2.44. The number of hydrogen-bond acceptors (Lipinski definition) is 3. The Labute approximate surface area is 131 Å². The Hall–Kier alpha value is -0.750. The summed E-state index contributed by atoms with van der Waals surface area (Å²) in [7, 11) is 0. The van der Waals surface area contributed by atoms with Gasteiger partial charge in [0, 0.05) is 12.5 Å². The van der Waals surface area contributed by atoms with Crippen LogP contribution < -0.4 is 11.1 Å². The third kappa shape index (κ3) is 6.57. The van der Waals surface area contributed by atoms with Crippen LogP contribution >= 0.6 is 0 Å². The molecule has 1 aliphatic carbocycles. The quantitative estimate of drug-likeness (QED) is 0.643. The van der Waals surface area contributed by atoms with Gasteiger partial charge in [0.15, 0.2) is 0 Å². The van der Waals surface area contributed by atoms with E-state index < -0.39 is 30.5 Å². The summed E-state index contributed by atoms with van der Waals surface area (Å²) in [6, 6.07) is -0.958. The van der Waals surface area contributed by atoms with Crippen molar-refractivity contribution in [3.8, 4) is 0 Å². The van der Waals surface area contributed by atoms with Gasteiger partial charge >= 0.3 is 0 Å². The lowest BCUT2D eigenvalue weighted by Crippen LogP contribution is -2.53. The second kappa shape index (κ2) is 8.77. The van der Waals surface area contributed by atoms with Crippen molar-refractivity contribution in [2.75, 3.05) is 6.54 Å². The molecule has 0 radical (unpaired) electrons. The van der Waals surface area contributed by atoms with Crippen LogP contribution in [-0.4, -0.2) is 35.6 Å². The standard InChI is InChI=1S/C16H30F2N2O2/c1-11(2)8-14(21)20-10-16(17,18)15(22)13(19)9-12-6-4-3-5-7-12/h11-13,15,22H,3-10,19H2,1-2H3,(H,20,21). The molecule has 0 aromatic heterocycles. The maximum absolute atomic E-state index is 14.0. The van der Waals surface area contributed by atoms with Crippen LogP contribution in [0.2, 0.25) is 0 Å². The number of carbonyl (C=O) groups is 1. The SMILES string of the molecule is CC(C)CC(=O)NCC(F)(F)C(O)C(N)CC1CCCCC1. The van der Waals surface area contributed by atoms with Crippen LogP contribution in [0.5, 0.6) is 0 Å². The monoisotopic (exact) mass is 320 g/mol. The first kappa shape index (κ1) is 19.3. The number of halogens is 2. The van der Waals surface area contributed by atoms with Crippen LogP contribution in [0.15, 0.2) is 0 Å². The van der Waals surface area contributed by atoms with Gasteiger partial charge in [-0.15, -0.1) is 0 Å². The van der Waals surface area contributed by atoms with E-state index in [0.29, 0.717) is 12.3 Å². The van der Waals surface area contributed by atoms with Gasteiger partial charge in [-0.2, -0.15) is 0 Å². The van der Waals surface area contributed by atoms with Crippen LogP contribution in [0.25, 0.3) is 0 Å². The molecule has 1 saturated carbocycles. The summed E-state index contributed by atoms with van der Waals surface area (Å²) < 4.78 is 27.9. The molecular weight excluding hydrogens is 290 g/mol. The molecule has 0 aliphatic heterocycles. The maximum Gasteiger partial charge on any atom is 0.291 e. The van der Waals surface area contributed by atoms with Gasteiger partial charge in [-0.1, -0.05) is 46.0 Å². The van der Waals surface area contributed by atoms with Gasteiger partial charge in [0.1, 0.15) is 6.10 Å². The van der Waals surface area contributed by atoms with Crippen LogP contribution in [0, 0.1) is 11.8 Å². The normalized spacial score (nSPS) is 20.0. The van der Waals surface area contributed by atoms with Crippen molar-refractivity contribution in [1.29, 1.82) is 0 Å². The number of aliphatic hydroxyl groups excluding tert-OH is 1. The van der Waals surface area contributed by atoms with Gasteiger partial charge in [-0.05, 0) is 18.3 Å². The summed E-state index contributed by atoms with van der Waals surface area (Å²) in [5, 5.41) is 12.0. The second-order valence-corrected chi connectivity index (χ2v) is 6.98. The van der Waals surface area contributed by atoms with Gasteiger partial charge in [0.05, 0.1) is 6.54 Å². The molecule has 130 valence electrons. The Morgan fingerprint density at radius 2 is 1.91 bits per heavy atom. The Bertz CT molecular complexity index is 345. The molecular formula is C16H30F2N2O2. The molecule has 1 fully saturated rings. The third-order valence-electron chi connectivity index (χ3n) is 4.28. The van der Waals surface area contributed by atoms with Gasteiger partial charge in [-0.3, -0.25) is 4.79 Å². The summed E-state index contributed by atoms with van der Waals surface area (Å²) in [6.07, 6.45) is 4.08. The molecule has 2 atom stereocenters. The molecule has 22 heavy (non-hydrogen) atoms. The van der Waals surface area contributed by atoms with E-state index in [1.165, 1.54) is 6.42 Å². The number of hydrogen-bond donors (Lipinski definition) is 3. The molecule has 0 spiro atoms. The van der Waals surface area contributed by atoms with E-state index in [1.807, 2.05) is 13.8 Å². The molecule has 0 bridgehead atoms. The highest BCUT2D eigenvalue weighted by Crippen LogP contribution is 2.30. The van der Waals surface area contributed by atoms with Crippen molar-refractivity contribution in [2.24, 2.45) is 17.6 Å². The van der Waals surface area contributed by atoms with Gasteiger partial charge in [-0.25, -0.2) is 8.78 Å². The topological polar surface area (TPSA) is 75.3 Å². The number of aliphatic hydroxyl groups is 1. The minimum absolute atomic E-state index is 0.104. The van der Waals surface area contributed by atoms with Crippen LogP contribution in [0.4, 0.5) is 8.78 Å². The molecule has 4 N–H and O–H groups in total. The first-order chi connectivity index (χ1) is 10.2. The number of alkyl halides is 2. The largest absolute Gasteiger partial charge is 0.385 e. The summed E-state index contributed by atoms with van der Waals surface area (Å²) in [5.74, 6) is -3.40. The highest BCUT2D eigenvalue weighted by atomic mass is 19.3. The lowest BCUT2D eigenvalue weighted by molar-refractivity contribution is -0.133.